The summed E-state index contributed by atoms with van der Waals surface area (Å²) in [7, 11) is 0. The fourth-order valence-electron chi connectivity index (χ4n) is 4.83. The van der Waals surface area contributed by atoms with Crippen LogP contribution < -0.4 is 11.3 Å². The van der Waals surface area contributed by atoms with Crippen molar-refractivity contribution < 1.29 is 9.21 Å². The molecule has 0 saturated carbocycles. The number of carbonyl (C=O) groups excluding carboxylic acids is 1. The van der Waals surface area contributed by atoms with E-state index in [1.165, 1.54) is 10.6 Å². The van der Waals surface area contributed by atoms with E-state index in [4.69, 9.17) is 10.2 Å². The second kappa shape index (κ2) is 10.0. The molecule has 9 nitrogen and oxygen atoms in total. The highest BCUT2D eigenvalue weighted by Crippen LogP contribution is 2.35. The monoisotopic (exact) mass is 518 g/mol. The number of nitrogens with two attached hydrogens (primary N) is 1. The summed E-state index contributed by atoms with van der Waals surface area (Å²) in [5.74, 6) is 0.211. The first-order chi connectivity index (χ1) is 17.8. The van der Waals surface area contributed by atoms with Crippen molar-refractivity contribution in [1.82, 2.24) is 24.6 Å². The standard InChI is InChI=1S/C27H30N6O3S/c1-4-32-21(23-30-31-26(36-23)27(3,28)15-18-9-6-5-7-10-18)13-19(14-22(32)34)25(35)33-12-8-11-20(33)24-29-17(2)16-37-24/h5-7,9-10,13-14,16,20H,4,8,11-12,15,28H2,1-3H3. The Morgan fingerprint density at radius 1 is 1.24 bits per heavy atom. The van der Waals surface area contributed by atoms with Crippen molar-refractivity contribution >= 4 is 17.2 Å². The maximum absolute atomic E-state index is 13.6. The van der Waals surface area contributed by atoms with E-state index in [0.717, 1.165) is 29.1 Å². The van der Waals surface area contributed by atoms with Gasteiger partial charge >= 0.3 is 0 Å². The number of hydrogen-bond acceptors (Lipinski definition) is 8. The highest BCUT2D eigenvalue weighted by molar-refractivity contribution is 7.09. The van der Waals surface area contributed by atoms with Crippen molar-refractivity contribution in [2.75, 3.05) is 6.54 Å². The number of amides is 1. The van der Waals surface area contributed by atoms with Gasteiger partial charge in [-0.05, 0) is 51.7 Å². The first kappa shape index (κ1) is 25.0. The van der Waals surface area contributed by atoms with Crippen molar-refractivity contribution in [1.29, 1.82) is 0 Å². The normalized spacial score (nSPS) is 17.2. The van der Waals surface area contributed by atoms with Crippen LogP contribution in [0.4, 0.5) is 0 Å². The van der Waals surface area contributed by atoms with Crippen molar-refractivity contribution in [3.8, 4) is 11.6 Å². The SMILES string of the molecule is CCn1c(-c2nnc(C(C)(N)Cc3ccccc3)o2)cc(C(=O)N2CCCC2c2nc(C)cs2)cc1=O. The lowest BCUT2D eigenvalue weighted by Crippen LogP contribution is -2.35. The summed E-state index contributed by atoms with van der Waals surface area (Å²) < 4.78 is 7.54. The number of carbonyl (C=O) groups is 1. The zero-order chi connectivity index (χ0) is 26.2. The quantitative estimate of drug-likeness (QED) is 0.391. The zero-order valence-electron chi connectivity index (χ0n) is 21.2. The van der Waals surface area contributed by atoms with Gasteiger partial charge in [-0.1, -0.05) is 30.3 Å². The molecule has 1 aromatic carbocycles. The lowest BCUT2D eigenvalue weighted by Gasteiger charge is -2.23. The molecule has 2 atom stereocenters. The van der Waals surface area contributed by atoms with Crippen LogP contribution in [0.25, 0.3) is 11.6 Å². The molecule has 0 radical (unpaired) electrons. The fourth-order valence-corrected chi connectivity index (χ4v) is 5.78. The minimum absolute atomic E-state index is 0.0887. The summed E-state index contributed by atoms with van der Waals surface area (Å²) in [6.45, 7) is 6.63. The van der Waals surface area contributed by atoms with Crippen molar-refractivity contribution in [3.63, 3.8) is 0 Å². The van der Waals surface area contributed by atoms with Crippen LogP contribution in [0.2, 0.25) is 0 Å². The molecule has 0 spiro atoms. The van der Waals surface area contributed by atoms with E-state index in [2.05, 4.69) is 15.2 Å². The van der Waals surface area contributed by atoms with Gasteiger partial charge in [-0.25, -0.2) is 4.98 Å². The number of likely N-dealkylation sites (tertiary alicyclic amines) is 1. The molecule has 1 fully saturated rings. The predicted octanol–water partition coefficient (Wildman–Crippen LogP) is 4.08. The van der Waals surface area contributed by atoms with Crippen LogP contribution in [0.15, 0.2) is 57.1 Å². The average Bonchev–Trinajstić information content (AvgIpc) is 3.64. The molecule has 1 saturated heterocycles. The Labute approximate surface area is 219 Å². The number of benzene rings is 1. The van der Waals surface area contributed by atoms with Gasteiger partial charge in [-0.2, -0.15) is 0 Å². The summed E-state index contributed by atoms with van der Waals surface area (Å²) in [6, 6.07) is 12.8. The maximum atomic E-state index is 13.6. The minimum atomic E-state index is -0.911. The van der Waals surface area contributed by atoms with Gasteiger partial charge in [0.1, 0.15) is 10.7 Å². The van der Waals surface area contributed by atoms with E-state index in [1.54, 1.807) is 17.4 Å². The molecule has 3 aromatic heterocycles. The molecule has 0 bridgehead atoms. The Bertz CT molecular complexity index is 1470. The Kier molecular flexibility index (Phi) is 6.78. The van der Waals surface area contributed by atoms with Gasteiger partial charge in [0.2, 0.25) is 5.89 Å². The van der Waals surface area contributed by atoms with E-state index in [0.29, 0.717) is 30.8 Å². The highest BCUT2D eigenvalue weighted by Gasteiger charge is 2.34. The molecule has 4 aromatic rings. The predicted molar refractivity (Wildman–Crippen MR) is 141 cm³/mol. The molecule has 0 aliphatic carbocycles. The van der Waals surface area contributed by atoms with Crippen LogP contribution in [0.1, 0.15) is 65.2 Å². The van der Waals surface area contributed by atoms with Crippen LogP contribution in [-0.2, 0) is 18.5 Å². The number of aryl methyl sites for hydroxylation is 1. The smallest absolute Gasteiger partial charge is 0.264 e. The van der Waals surface area contributed by atoms with Gasteiger partial charge in [0.15, 0.2) is 0 Å². The van der Waals surface area contributed by atoms with Crippen molar-refractivity contribution in [3.05, 3.63) is 85.9 Å². The number of aromatic nitrogens is 4. The summed E-state index contributed by atoms with van der Waals surface area (Å²) in [4.78, 5) is 33.1. The molecule has 2 N–H and O–H groups in total. The Hall–Kier alpha value is -3.63. The first-order valence-electron chi connectivity index (χ1n) is 12.4. The molecule has 192 valence electrons. The summed E-state index contributed by atoms with van der Waals surface area (Å²) in [5, 5.41) is 11.3. The van der Waals surface area contributed by atoms with E-state index in [1.807, 2.05) is 61.4 Å². The molecular weight excluding hydrogens is 488 g/mol. The topological polar surface area (TPSA) is 120 Å². The molecule has 2 unspecified atom stereocenters. The minimum Gasteiger partial charge on any atom is -0.417 e. The van der Waals surface area contributed by atoms with Gasteiger partial charge in [-0.3, -0.25) is 9.59 Å². The van der Waals surface area contributed by atoms with Crippen LogP contribution >= 0.6 is 11.3 Å². The molecule has 1 aliphatic heterocycles. The van der Waals surface area contributed by atoms with Gasteiger partial charge in [0.05, 0.1) is 11.6 Å². The maximum Gasteiger partial charge on any atom is 0.264 e. The van der Waals surface area contributed by atoms with E-state index in [-0.39, 0.29) is 29.3 Å². The van der Waals surface area contributed by atoms with Gasteiger partial charge in [0, 0.05) is 35.8 Å². The van der Waals surface area contributed by atoms with Crippen LogP contribution in [0, 0.1) is 6.92 Å². The van der Waals surface area contributed by atoms with Gasteiger partial charge in [0.25, 0.3) is 17.4 Å². The number of hydrogen-bond donors (Lipinski definition) is 1. The molecular formula is C27H30N6O3S. The van der Waals surface area contributed by atoms with Gasteiger partial charge < -0.3 is 19.6 Å². The van der Waals surface area contributed by atoms with Crippen LogP contribution in [0.5, 0.6) is 0 Å². The first-order valence-corrected chi connectivity index (χ1v) is 13.3. The number of thiazole rings is 1. The van der Waals surface area contributed by atoms with Crippen molar-refractivity contribution in [2.45, 2.75) is 58.2 Å². The molecule has 5 rings (SSSR count). The molecule has 1 amide bonds. The number of pyridine rings is 1. The zero-order valence-corrected chi connectivity index (χ0v) is 22.0. The van der Waals surface area contributed by atoms with Crippen LogP contribution in [0.3, 0.4) is 0 Å². The lowest BCUT2D eigenvalue weighted by atomic mass is 9.94. The summed E-state index contributed by atoms with van der Waals surface area (Å²) in [5.41, 5.74) is 8.03. The molecule has 10 heteroatoms. The third-order valence-electron chi connectivity index (χ3n) is 6.67. The van der Waals surface area contributed by atoms with Crippen LogP contribution in [-0.4, -0.2) is 37.1 Å². The highest BCUT2D eigenvalue weighted by atomic mass is 32.1. The lowest BCUT2D eigenvalue weighted by molar-refractivity contribution is 0.0735. The third-order valence-corrected chi connectivity index (χ3v) is 7.74. The molecule has 4 heterocycles. The summed E-state index contributed by atoms with van der Waals surface area (Å²) >= 11 is 1.56. The Morgan fingerprint density at radius 3 is 2.73 bits per heavy atom. The molecule has 37 heavy (non-hydrogen) atoms. The van der Waals surface area contributed by atoms with E-state index >= 15 is 0 Å². The molecule has 1 aliphatic rings. The Balaban J connectivity index is 1.47. The van der Waals surface area contributed by atoms with Gasteiger partial charge in [-0.15, -0.1) is 21.5 Å². The number of nitrogens with zero attached hydrogens (tertiary/aromatic N) is 5. The van der Waals surface area contributed by atoms with E-state index in [9.17, 15) is 9.59 Å². The largest absolute Gasteiger partial charge is 0.417 e. The number of rotatable bonds is 7. The second-order valence-corrected chi connectivity index (χ2v) is 10.6. The third kappa shape index (κ3) is 4.99. The second-order valence-electron chi connectivity index (χ2n) is 9.69. The van der Waals surface area contributed by atoms with Crippen molar-refractivity contribution in [2.24, 2.45) is 5.73 Å². The fraction of sp³-hybridized carbons (Fsp3) is 0.370. The van der Waals surface area contributed by atoms with E-state index < -0.39 is 5.54 Å². The summed E-state index contributed by atoms with van der Waals surface area (Å²) in [6.07, 6.45) is 2.24. The Morgan fingerprint density at radius 2 is 2.03 bits per heavy atom. The average molecular weight is 519 g/mol.